The standard InChI is InChI=1S/C11H17ClN2OS/c12-11-2-1-10(16-11)6-9(14-13)5-8-3-4-15-7-8/h1-2,8-9,14H,3-7,13H2. The summed E-state index contributed by atoms with van der Waals surface area (Å²) in [6, 6.07) is 4.33. The maximum Gasteiger partial charge on any atom is 0.0931 e. The lowest BCUT2D eigenvalue weighted by molar-refractivity contribution is 0.181. The van der Waals surface area contributed by atoms with Crippen LogP contribution in [-0.4, -0.2) is 19.3 Å². The second-order valence-corrected chi connectivity index (χ2v) is 6.04. The van der Waals surface area contributed by atoms with Crippen molar-refractivity contribution in [2.24, 2.45) is 11.8 Å². The summed E-state index contributed by atoms with van der Waals surface area (Å²) in [4.78, 5) is 1.28. The lowest BCUT2D eigenvalue weighted by Gasteiger charge is -2.18. The van der Waals surface area contributed by atoms with Gasteiger partial charge in [0, 0.05) is 24.1 Å². The molecule has 1 aliphatic heterocycles. The van der Waals surface area contributed by atoms with Gasteiger partial charge in [-0.1, -0.05) is 11.6 Å². The molecular formula is C11H17ClN2OS. The monoisotopic (exact) mass is 260 g/mol. The fraction of sp³-hybridized carbons (Fsp3) is 0.636. The molecule has 0 amide bonds. The molecule has 2 heterocycles. The van der Waals surface area contributed by atoms with Gasteiger partial charge in [-0.2, -0.15) is 0 Å². The van der Waals surface area contributed by atoms with E-state index in [4.69, 9.17) is 22.2 Å². The van der Waals surface area contributed by atoms with E-state index in [2.05, 4.69) is 11.5 Å². The first-order valence-electron chi connectivity index (χ1n) is 5.56. The highest BCUT2D eigenvalue weighted by Gasteiger charge is 2.20. The van der Waals surface area contributed by atoms with E-state index < -0.39 is 0 Å². The van der Waals surface area contributed by atoms with Crippen LogP contribution in [-0.2, 0) is 11.2 Å². The van der Waals surface area contributed by atoms with Gasteiger partial charge < -0.3 is 4.74 Å². The Morgan fingerprint density at radius 3 is 3.06 bits per heavy atom. The zero-order valence-corrected chi connectivity index (χ0v) is 10.7. The van der Waals surface area contributed by atoms with Crippen LogP contribution in [0.5, 0.6) is 0 Å². The van der Waals surface area contributed by atoms with Gasteiger partial charge in [0.15, 0.2) is 0 Å². The molecule has 0 spiro atoms. The molecule has 1 aliphatic rings. The zero-order chi connectivity index (χ0) is 11.4. The van der Waals surface area contributed by atoms with Crippen LogP contribution in [0.15, 0.2) is 12.1 Å². The van der Waals surface area contributed by atoms with Crippen molar-refractivity contribution in [3.05, 3.63) is 21.3 Å². The van der Waals surface area contributed by atoms with E-state index in [0.29, 0.717) is 12.0 Å². The number of rotatable bonds is 5. The summed E-state index contributed by atoms with van der Waals surface area (Å²) in [7, 11) is 0. The molecule has 0 radical (unpaired) electrons. The van der Waals surface area contributed by atoms with Crippen molar-refractivity contribution in [1.82, 2.24) is 5.43 Å². The molecule has 0 aliphatic carbocycles. The predicted molar refractivity (Wildman–Crippen MR) is 67.7 cm³/mol. The van der Waals surface area contributed by atoms with E-state index in [1.54, 1.807) is 11.3 Å². The van der Waals surface area contributed by atoms with Crippen LogP contribution in [0.25, 0.3) is 0 Å². The maximum atomic E-state index is 5.90. The summed E-state index contributed by atoms with van der Waals surface area (Å²) in [5.74, 6) is 6.24. The third-order valence-corrected chi connectivity index (χ3v) is 4.21. The van der Waals surface area contributed by atoms with Crippen LogP contribution in [0.1, 0.15) is 17.7 Å². The first-order chi connectivity index (χ1) is 7.78. The van der Waals surface area contributed by atoms with Crippen LogP contribution in [0.2, 0.25) is 4.34 Å². The molecule has 90 valence electrons. The summed E-state index contributed by atoms with van der Waals surface area (Å²) in [5, 5.41) is 0. The van der Waals surface area contributed by atoms with E-state index in [1.807, 2.05) is 6.07 Å². The van der Waals surface area contributed by atoms with Crippen molar-refractivity contribution in [3.63, 3.8) is 0 Å². The minimum atomic E-state index is 0.321. The number of hydrazine groups is 1. The normalized spacial score (nSPS) is 22.5. The summed E-state index contributed by atoms with van der Waals surface area (Å²) >= 11 is 7.53. The molecule has 2 unspecified atom stereocenters. The van der Waals surface area contributed by atoms with E-state index in [9.17, 15) is 0 Å². The SMILES string of the molecule is NNC(Cc1ccc(Cl)s1)CC1CCOC1. The second-order valence-electron chi connectivity index (χ2n) is 4.24. The fourth-order valence-corrected chi connectivity index (χ4v) is 3.25. The molecule has 0 aromatic carbocycles. The van der Waals surface area contributed by atoms with Crippen LogP contribution in [0.4, 0.5) is 0 Å². The van der Waals surface area contributed by atoms with E-state index in [0.717, 1.165) is 36.8 Å². The van der Waals surface area contributed by atoms with E-state index >= 15 is 0 Å². The number of halogens is 1. The Balaban J connectivity index is 1.84. The van der Waals surface area contributed by atoms with Crippen molar-refractivity contribution < 1.29 is 4.74 Å². The largest absolute Gasteiger partial charge is 0.381 e. The Labute approximate surface area is 105 Å². The van der Waals surface area contributed by atoms with Gasteiger partial charge in [-0.3, -0.25) is 11.3 Å². The Morgan fingerprint density at radius 2 is 2.50 bits per heavy atom. The van der Waals surface area contributed by atoms with Gasteiger partial charge in [-0.25, -0.2) is 0 Å². The molecular weight excluding hydrogens is 244 g/mol. The summed E-state index contributed by atoms with van der Waals surface area (Å²) < 4.78 is 6.21. The summed E-state index contributed by atoms with van der Waals surface area (Å²) in [5.41, 5.74) is 2.89. The van der Waals surface area contributed by atoms with Crippen molar-refractivity contribution in [2.45, 2.75) is 25.3 Å². The van der Waals surface area contributed by atoms with E-state index in [1.165, 1.54) is 4.88 Å². The van der Waals surface area contributed by atoms with E-state index in [-0.39, 0.29) is 0 Å². The number of nitrogens with one attached hydrogen (secondary N) is 1. The van der Waals surface area contributed by atoms with Crippen LogP contribution in [0, 0.1) is 5.92 Å². The van der Waals surface area contributed by atoms with Crippen LogP contribution >= 0.6 is 22.9 Å². The van der Waals surface area contributed by atoms with Gasteiger partial charge in [0.2, 0.25) is 0 Å². The molecule has 3 nitrogen and oxygen atoms in total. The predicted octanol–water partition coefficient (Wildman–Crippen LogP) is 2.20. The molecule has 16 heavy (non-hydrogen) atoms. The molecule has 1 fully saturated rings. The average Bonchev–Trinajstić information content (AvgIpc) is 2.89. The molecule has 1 aromatic rings. The number of thiophene rings is 1. The molecule has 1 aromatic heterocycles. The third kappa shape index (κ3) is 3.43. The molecule has 2 atom stereocenters. The lowest BCUT2D eigenvalue weighted by atomic mass is 9.97. The van der Waals surface area contributed by atoms with Gasteiger partial charge >= 0.3 is 0 Å². The molecule has 0 saturated carbocycles. The molecule has 0 bridgehead atoms. The number of hydrogen-bond donors (Lipinski definition) is 2. The van der Waals surface area contributed by atoms with Crippen LogP contribution in [0.3, 0.4) is 0 Å². The highest BCUT2D eigenvalue weighted by Crippen LogP contribution is 2.25. The Hall–Kier alpha value is -0.130. The molecule has 1 saturated heterocycles. The number of ether oxygens (including phenoxy) is 1. The van der Waals surface area contributed by atoms with Crippen LogP contribution < -0.4 is 11.3 Å². The number of nitrogens with two attached hydrogens (primary N) is 1. The Bertz CT molecular complexity index is 326. The maximum absolute atomic E-state index is 5.90. The molecule has 2 rings (SSSR count). The van der Waals surface area contributed by atoms with Gasteiger partial charge in [0.1, 0.15) is 0 Å². The Morgan fingerprint density at radius 1 is 1.62 bits per heavy atom. The lowest BCUT2D eigenvalue weighted by Crippen LogP contribution is -2.38. The van der Waals surface area contributed by atoms with Crippen molar-refractivity contribution in [2.75, 3.05) is 13.2 Å². The zero-order valence-electron chi connectivity index (χ0n) is 9.12. The quantitative estimate of drug-likeness (QED) is 0.630. The van der Waals surface area contributed by atoms with Gasteiger partial charge in [0.05, 0.1) is 4.34 Å². The highest BCUT2D eigenvalue weighted by atomic mass is 35.5. The number of hydrogen-bond acceptors (Lipinski definition) is 4. The smallest absolute Gasteiger partial charge is 0.0931 e. The fourth-order valence-electron chi connectivity index (χ4n) is 2.09. The van der Waals surface area contributed by atoms with Gasteiger partial charge in [0.25, 0.3) is 0 Å². The summed E-state index contributed by atoms with van der Waals surface area (Å²) in [6.45, 7) is 1.77. The van der Waals surface area contributed by atoms with Gasteiger partial charge in [-0.15, -0.1) is 11.3 Å². The minimum absolute atomic E-state index is 0.321. The van der Waals surface area contributed by atoms with Crippen molar-refractivity contribution >= 4 is 22.9 Å². The first-order valence-corrected chi connectivity index (χ1v) is 6.75. The van der Waals surface area contributed by atoms with Gasteiger partial charge in [-0.05, 0) is 37.3 Å². The molecule has 5 heteroatoms. The third-order valence-electron chi connectivity index (χ3n) is 2.95. The second kappa shape index (κ2) is 5.98. The average molecular weight is 261 g/mol. The Kier molecular flexibility index (Phi) is 4.61. The first kappa shape index (κ1) is 12.3. The van der Waals surface area contributed by atoms with Crippen molar-refractivity contribution in [3.8, 4) is 0 Å². The summed E-state index contributed by atoms with van der Waals surface area (Å²) in [6.07, 6.45) is 3.18. The highest BCUT2D eigenvalue weighted by molar-refractivity contribution is 7.16. The van der Waals surface area contributed by atoms with Crippen molar-refractivity contribution in [1.29, 1.82) is 0 Å². The molecule has 3 N–H and O–H groups in total. The minimum Gasteiger partial charge on any atom is -0.381 e. The topological polar surface area (TPSA) is 47.3 Å².